The molecule has 0 saturated carbocycles. The van der Waals surface area contributed by atoms with Gasteiger partial charge in [-0.1, -0.05) is 50.2 Å². The van der Waals surface area contributed by atoms with Crippen LogP contribution in [0.25, 0.3) is 10.8 Å². The first-order chi connectivity index (χ1) is 10.1. The predicted molar refractivity (Wildman–Crippen MR) is 89.5 cm³/mol. The lowest BCUT2D eigenvalue weighted by molar-refractivity contribution is -0.121. The van der Waals surface area contributed by atoms with Gasteiger partial charge in [-0.15, -0.1) is 0 Å². The van der Waals surface area contributed by atoms with Crippen molar-refractivity contribution in [3.8, 4) is 0 Å². The molecule has 0 saturated heterocycles. The highest BCUT2D eigenvalue weighted by Gasteiger charge is 2.13. The summed E-state index contributed by atoms with van der Waals surface area (Å²) < 4.78 is 0. The van der Waals surface area contributed by atoms with Crippen LogP contribution in [-0.4, -0.2) is 18.5 Å². The maximum Gasteiger partial charge on any atom is 0.242 e. The van der Waals surface area contributed by atoms with Gasteiger partial charge in [-0.2, -0.15) is 0 Å². The summed E-state index contributed by atoms with van der Waals surface area (Å²) in [6, 6.07) is 14.0. The van der Waals surface area contributed by atoms with Crippen LogP contribution in [0.15, 0.2) is 42.5 Å². The molecule has 3 heteroatoms. The molecule has 0 aliphatic heterocycles. The van der Waals surface area contributed by atoms with Crippen molar-refractivity contribution in [1.82, 2.24) is 5.32 Å². The molecule has 3 nitrogen and oxygen atoms in total. The van der Waals surface area contributed by atoms with Crippen molar-refractivity contribution < 1.29 is 4.79 Å². The van der Waals surface area contributed by atoms with Gasteiger partial charge in [-0.05, 0) is 30.7 Å². The van der Waals surface area contributed by atoms with E-state index in [1.165, 1.54) is 5.39 Å². The Hall–Kier alpha value is -2.03. The van der Waals surface area contributed by atoms with E-state index >= 15 is 0 Å². The Morgan fingerprint density at radius 2 is 1.76 bits per heavy atom. The number of rotatable bonds is 6. The van der Waals surface area contributed by atoms with E-state index in [0.29, 0.717) is 5.92 Å². The minimum Gasteiger partial charge on any atom is -0.373 e. The standard InChI is InChI=1S/C18H24N2O/c1-13(2)11-12-19-18(21)14(3)20-17-10-6-8-15-7-4-5-9-16(15)17/h4-10,13-14,20H,11-12H2,1-3H3,(H,19,21). The van der Waals surface area contributed by atoms with Crippen molar-refractivity contribution in [2.24, 2.45) is 5.92 Å². The Morgan fingerprint density at radius 3 is 2.52 bits per heavy atom. The highest BCUT2D eigenvalue weighted by Crippen LogP contribution is 2.23. The monoisotopic (exact) mass is 284 g/mol. The van der Waals surface area contributed by atoms with Gasteiger partial charge in [-0.25, -0.2) is 0 Å². The average Bonchev–Trinajstić information content (AvgIpc) is 2.47. The summed E-state index contributed by atoms with van der Waals surface area (Å²) in [5.74, 6) is 0.648. The van der Waals surface area contributed by atoms with Crippen LogP contribution in [0, 0.1) is 5.92 Å². The molecule has 21 heavy (non-hydrogen) atoms. The molecule has 0 aliphatic carbocycles. The van der Waals surface area contributed by atoms with Crippen LogP contribution in [0.1, 0.15) is 27.2 Å². The molecule has 1 unspecified atom stereocenters. The number of carbonyl (C=O) groups is 1. The fourth-order valence-electron chi connectivity index (χ4n) is 2.29. The van der Waals surface area contributed by atoms with Gasteiger partial charge in [0.1, 0.15) is 6.04 Å². The molecule has 0 aliphatic rings. The largest absolute Gasteiger partial charge is 0.373 e. The summed E-state index contributed by atoms with van der Waals surface area (Å²) >= 11 is 0. The lowest BCUT2D eigenvalue weighted by Crippen LogP contribution is -2.38. The minimum absolute atomic E-state index is 0.0450. The smallest absolute Gasteiger partial charge is 0.242 e. The molecular weight excluding hydrogens is 260 g/mol. The summed E-state index contributed by atoms with van der Waals surface area (Å²) in [5.41, 5.74) is 1.000. The van der Waals surface area contributed by atoms with Crippen LogP contribution in [0.2, 0.25) is 0 Å². The molecular formula is C18H24N2O. The first-order valence-corrected chi connectivity index (χ1v) is 7.60. The lowest BCUT2D eigenvalue weighted by atomic mass is 10.1. The third kappa shape index (κ3) is 4.22. The SMILES string of the molecule is CC(C)CCNC(=O)C(C)Nc1cccc2ccccc12. The molecule has 2 aromatic rings. The minimum atomic E-state index is -0.247. The molecule has 1 atom stereocenters. The Kier molecular flexibility index (Phi) is 5.20. The van der Waals surface area contributed by atoms with Crippen molar-refractivity contribution in [1.29, 1.82) is 0 Å². The number of anilines is 1. The molecule has 112 valence electrons. The third-order valence-corrected chi connectivity index (χ3v) is 3.58. The third-order valence-electron chi connectivity index (χ3n) is 3.58. The fraction of sp³-hybridized carbons (Fsp3) is 0.389. The van der Waals surface area contributed by atoms with E-state index < -0.39 is 0 Å². The van der Waals surface area contributed by atoms with E-state index in [1.54, 1.807) is 0 Å². The summed E-state index contributed by atoms with van der Waals surface area (Å²) in [6.07, 6.45) is 1.01. The van der Waals surface area contributed by atoms with Crippen LogP contribution in [-0.2, 0) is 4.79 Å². The van der Waals surface area contributed by atoms with Gasteiger partial charge in [0.25, 0.3) is 0 Å². The molecule has 0 aromatic heterocycles. The van der Waals surface area contributed by atoms with Gasteiger partial charge in [0, 0.05) is 17.6 Å². The highest BCUT2D eigenvalue weighted by molar-refractivity contribution is 5.95. The quantitative estimate of drug-likeness (QED) is 0.847. The first kappa shape index (κ1) is 15.4. The molecule has 0 fully saturated rings. The molecule has 0 heterocycles. The molecule has 2 rings (SSSR count). The van der Waals surface area contributed by atoms with E-state index in [1.807, 2.05) is 31.2 Å². The van der Waals surface area contributed by atoms with E-state index in [-0.39, 0.29) is 11.9 Å². The zero-order valence-corrected chi connectivity index (χ0v) is 13.0. The van der Waals surface area contributed by atoms with Crippen molar-refractivity contribution in [3.05, 3.63) is 42.5 Å². The summed E-state index contributed by atoms with van der Waals surface area (Å²) in [7, 11) is 0. The van der Waals surface area contributed by atoms with Gasteiger partial charge in [0.2, 0.25) is 5.91 Å². The van der Waals surface area contributed by atoms with E-state index in [4.69, 9.17) is 0 Å². The molecule has 1 amide bonds. The molecule has 2 N–H and O–H groups in total. The van der Waals surface area contributed by atoms with Gasteiger partial charge < -0.3 is 10.6 Å². The lowest BCUT2D eigenvalue weighted by Gasteiger charge is -2.17. The van der Waals surface area contributed by atoms with Gasteiger partial charge in [0.15, 0.2) is 0 Å². The first-order valence-electron chi connectivity index (χ1n) is 7.60. The maximum atomic E-state index is 12.1. The van der Waals surface area contributed by atoms with E-state index in [2.05, 4.69) is 42.7 Å². The average molecular weight is 284 g/mol. The zero-order chi connectivity index (χ0) is 15.2. The second kappa shape index (κ2) is 7.11. The summed E-state index contributed by atoms with van der Waals surface area (Å²) in [6.45, 7) is 6.94. The Balaban J connectivity index is 2.01. The predicted octanol–water partition coefficient (Wildman–Crippen LogP) is 3.80. The maximum absolute atomic E-state index is 12.1. The van der Waals surface area contributed by atoms with Crippen LogP contribution in [0.5, 0.6) is 0 Å². The van der Waals surface area contributed by atoms with Crippen molar-refractivity contribution in [3.63, 3.8) is 0 Å². The van der Waals surface area contributed by atoms with Gasteiger partial charge >= 0.3 is 0 Å². The van der Waals surface area contributed by atoms with Gasteiger partial charge in [-0.3, -0.25) is 4.79 Å². The van der Waals surface area contributed by atoms with Crippen molar-refractivity contribution >= 4 is 22.4 Å². The molecule has 0 radical (unpaired) electrons. The number of fused-ring (bicyclic) bond motifs is 1. The van der Waals surface area contributed by atoms with E-state index in [0.717, 1.165) is 24.0 Å². The molecule has 2 aromatic carbocycles. The van der Waals surface area contributed by atoms with Gasteiger partial charge in [0.05, 0.1) is 0 Å². The topological polar surface area (TPSA) is 41.1 Å². The van der Waals surface area contributed by atoms with E-state index in [9.17, 15) is 4.79 Å². The van der Waals surface area contributed by atoms with Crippen LogP contribution < -0.4 is 10.6 Å². The Labute approximate surface area is 126 Å². The number of hydrogen-bond acceptors (Lipinski definition) is 2. The fourth-order valence-corrected chi connectivity index (χ4v) is 2.29. The number of amides is 1. The summed E-state index contributed by atoms with van der Waals surface area (Å²) in [4.78, 5) is 12.1. The van der Waals surface area contributed by atoms with Crippen LogP contribution in [0.4, 0.5) is 5.69 Å². The normalized spacial score (nSPS) is 12.4. The van der Waals surface area contributed by atoms with Crippen LogP contribution in [0.3, 0.4) is 0 Å². The highest BCUT2D eigenvalue weighted by atomic mass is 16.2. The van der Waals surface area contributed by atoms with Crippen LogP contribution >= 0.6 is 0 Å². The number of nitrogens with one attached hydrogen (secondary N) is 2. The Bertz CT molecular complexity index is 602. The zero-order valence-electron chi connectivity index (χ0n) is 13.0. The number of carbonyl (C=O) groups excluding carboxylic acids is 1. The molecule has 0 spiro atoms. The Morgan fingerprint density at radius 1 is 1.05 bits per heavy atom. The molecule has 0 bridgehead atoms. The van der Waals surface area contributed by atoms with Crippen molar-refractivity contribution in [2.75, 3.05) is 11.9 Å². The summed E-state index contributed by atoms with van der Waals surface area (Å²) in [5, 5.41) is 8.61. The second-order valence-corrected chi connectivity index (χ2v) is 5.87. The second-order valence-electron chi connectivity index (χ2n) is 5.87. The van der Waals surface area contributed by atoms with Crippen molar-refractivity contribution in [2.45, 2.75) is 33.2 Å². The number of hydrogen-bond donors (Lipinski definition) is 2. The number of benzene rings is 2.